The summed E-state index contributed by atoms with van der Waals surface area (Å²) in [6.45, 7) is 6.01. The molecule has 192 valence electrons. The summed E-state index contributed by atoms with van der Waals surface area (Å²) in [5.74, 6) is 1.35. The Kier molecular flexibility index (Phi) is 9.94. The molecule has 0 aliphatic carbocycles. The average Bonchev–Trinajstić information content (AvgIpc) is 2.85. The first-order valence-electron chi connectivity index (χ1n) is 12.1. The quantitative estimate of drug-likeness (QED) is 0.446. The Bertz CT molecular complexity index is 1080. The number of ether oxygens (including phenoxy) is 3. The molecule has 0 aromatic heterocycles. The lowest BCUT2D eigenvalue weighted by atomic mass is 10.1. The van der Waals surface area contributed by atoms with Gasteiger partial charge in [-0.1, -0.05) is 12.1 Å². The summed E-state index contributed by atoms with van der Waals surface area (Å²) in [7, 11) is -2.08. The molecule has 0 atom stereocenters. The molecule has 1 saturated heterocycles. The fourth-order valence-corrected chi connectivity index (χ4v) is 5.41. The van der Waals surface area contributed by atoms with E-state index < -0.39 is 10.0 Å². The molecule has 0 spiro atoms. The third kappa shape index (κ3) is 7.95. The molecule has 1 fully saturated rings. The van der Waals surface area contributed by atoms with Crippen molar-refractivity contribution in [2.75, 3.05) is 40.0 Å². The van der Waals surface area contributed by atoms with E-state index in [0.717, 1.165) is 18.6 Å². The number of amides is 1. The van der Waals surface area contributed by atoms with Crippen LogP contribution in [0, 0.1) is 0 Å². The first-order valence-corrected chi connectivity index (χ1v) is 13.5. The van der Waals surface area contributed by atoms with Gasteiger partial charge in [0.25, 0.3) is 0 Å². The number of hydrogen-bond acceptors (Lipinski definition) is 6. The fourth-order valence-electron chi connectivity index (χ4n) is 3.95. The van der Waals surface area contributed by atoms with E-state index in [1.807, 2.05) is 32.0 Å². The van der Waals surface area contributed by atoms with E-state index in [2.05, 4.69) is 11.4 Å². The number of nitrogens with zero attached hydrogens (tertiary/aromatic N) is 1. The largest absolute Gasteiger partial charge is 0.496 e. The number of rotatable bonds is 12. The van der Waals surface area contributed by atoms with Gasteiger partial charge in [0.2, 0.25) is 15.9 Å². The van der Waals surface area contributed by atoms with Gasteiger partial charge in [0.05, 0.1) is 31.3 Å². The van der Waals surface area contributed by atoms with Crippen LogP contribution in [0.5, 0.6) is 11.5 Å². The minimum Gasteiger partial charge on any atom is -0.496 e. The molecular formula is C26H36N2O6S. The second-order valence-corrected chi connectivity index (χ2v) is 10.7. The number of hydrogen-bond donors (Lipinski definition) is 1. The molecule has 1 aliphatic rings. The highest BCUT2D eigenvalue weighted by Crippen LogP contribution is 2.26. The number of carbonyl (C=O) groups excluding carboxylic acids is 1. The number of nitrogens with one attached hydrogen (secondary N) is 1. The zero-order valence-electron chi connectivity index (χ0n) is 20.8. The third-order valence-electron chi connectivity index (χ3n) is 5.72. The molecule has 0 radical (unpaired) electrons. The van der Waals surface area contributed by atoms with Gasteiger partial charge in [0, 0.05) is 26.1 Å². The standard InChI is InChI=1S/C26H36N2O6S/c1-20(2)34-23-8-4-6-21(18-23)7-5-13-27-26(29)12-9-22-19-24(10-11-25(22)32-3)35(30,31)28-14-16-33-17-15-28/h4,6,8,10-11,18-20H,5,7,9,12-17H2,1-3H3,(H,27,29). The van der Waals surface area contributed by atoms with Gasteiger partial charge in [0.1, 0.15) is 11.5 Å². The van der Waals surface area contributed by atoms with Gasteiger partial charge in [-0.2, -0.15) is 4.31 Å². The van der Waals surface area contributed by atoms with Crippen molar-refractivity contribution in [3.05, 3.63) is 53.6 Å². The summed E-state index contributed by atoms with van der Waals surface area (Å²) < 4.78 is 43.8. The summed E-state index contributed by atoms with van der Waals surface area (Å²) >= 11 is 0. The van der Waals surface area contributed by atoms with Crippen LogP contribution in [0.2, 0.25) is 0 Å². The highest BCUT2D eigenvalue weighted by Gasteiger charge is 2.27. The van der Waals surface area contributed by atoms with Crippen molar-refractivity contribution in [3.63, 3.8) is 0 Å². The molecule has 1 heterocycles. The minimum atomic E-state index is -3.61. The number of carbonyl (C=O) groups is 1. The normalized spacial score (nSPS) is 14.6. The lowest BCUT2D eigenvalue weighted by Crippen LogP contribution is -2.40. The number of benzene rings is 2. The maximum Gasteiger partial charge on any atom is 0.243 e. The first-order chi connectivity index (χ1) is 16.8. The number of sulfonamides is 1. The molecular weight excluding hydrogens is 468 g/mol. The number of aryl methyl sites for hydroxylation is 2. The highest BCUT2D eigenvalue weighted by atomic mass is 32.2. The number of morpholine rings is 1. The molecule has 3 rings (SSSR count). The molecule has 1 aliphatic heterocycles. The Balaban J connectivity index is 1.50. The van der Waals surface area contributed by atoms with Crippen molar-refractivity contribution in [3.8, 4) is 11.5 Å². The van der Waals surface area contributed by atoms with Gasteiger partial charge in [-0.15, -0.1) is 0 Å². The summed E-state index contributed by atoms with van der Waals surface area (Å²) in [6, 6.07) is 12.8. The maximum atomic E-state index is 13.0. The van der Waals surface area contributed by atoms with Crippen molar-refractivity contribution in [1.82, 2.24) is 9.62 Å². The lowest BCUT2D eigenvalue weighted by molar-refractivity contribution is -0.121. The highest BCUT2D eigenvalue weighted by molar-refractivity contribution is 7.89. The summed E-state index contributed by atoms with van der Waals surface area (Å²) in [4.78, 5) is 12.6. The minimum absolute atomic E-state index is 0.0783. The van der Waals surface area contributed by atoms with Crippen LogP contribution in [0.25, 0.3) is 0 Å². The second-order valence-electron chi connectivity index (χ2n) is 8.76. The van der Waals surface area contributed by atoms with Crippen molar-refractivity contribution in [2.24, 2.45) is 0 Å². The Morgan fingerprint density at radius 1 is 1.11 bits per heavy atom. The average molecular weight is 505 g/mol. The molecule has 35 heavy (non-hydrogen) atoms. The van der Waals surface area contributed by atoms with Crippen LogP contribution in [0.1, 0.15) is 37.8 Å². The molecule has 1 amide bonds. The Labute approximate surface area is 208 Å². The predicted molar refractivity (Wildman–Crippen MR) is 134 cm³/mol. The van der Waals surface area contributed by atoms with E-state index >= 15 is 0 Å². The Morgan fingerprint density at radius 2 is 1.89 bits per heavy atom. The molecule has 2 aromatic rings. The van der Waals surface area contributed by atoms with E-state index in [-0.39, 0.29) is 23.3 Å². The van der Waals surface area contributed by atoms with Gasteiger partial charge >= 0.3 is 0 Å². The monoisotopic (exact) mass is 504 g/mol. The van der Waals surface area contributed by atoms with E-state index in [1.54, 1.807) is 18.2 Å². The Hall–Kier alpha value is -2.62. The number of methoxy groups -OCH3 is 1. The molecule has 9 heteroatoms. The molecule has 0 bridgehead atoms. The topological polar surface area (TPSA) is 94.2 Å². The Morgan fingerprint density at radius 3 is 2.60 bits per heavy atom. The van der Waals surface area contributed by atoms with Crippen LogP contribution in [0.4, 0.5) is 0 Å². The smallest absolute Gasteiger partial charge is 0.243 e. The lowest BCUT2D eigenvalue weighted by Gasteiger charge is -2.26. The summed E-state index contributed by atoms with van der Waals surface area (Å²) in [5, 5.41) is 2.95. The van der Waals surface area contributed by atoms with Crippen molar-refractivity contribution in [1.29, 1.82) is 0 Å². The van der Waals surface area contributed by atoms with Gasteiger partial charge in [-0.05, 0) is 74.6 Å². The first kappa shape index (κ1) is 27.0. The molecule has 2 aromatic carbocycles. The maximum absolute atomic E-state index is 13.0. The molecule has 0 unspecified atom stereocenters. The van der Waals surface area contributed by atoms with E-state index in [9.17, 15) is 13.2 Å². The zero-order chi connectivity index (χ0) is 25.3. The second kappa shape index (κ2) is 12.9. The van der Waals surface area contributed by atoms with E-state index in [4.69, 9.17) is 14.2 Å². The van der Waals surface area contributed by atoms with Crippen LogP contribution < -0.4 is 14.8 Å². The summed E-state index contributed by atoms with van der Waals surface area (Å²) in [6.07, 6.45) is 2.41. The van der Waals surface area contributed by atoms with Gasteiger partial charge in [-0.3, -0.25) is 4.79 Å². The van der Waals surface area contributed by atoms with Gasteiger partial charge in [0.15, 0.2) is 0 Å². The van der Waals surface area contributed by atoms with Crippen LogP contribution in [-0.2, 0) is 32.4 Å². The third-order valence-corrected chi connectivity index (χ3v) is 7.61. The zero-order valence-corrected chi connectivity index (χ0v) is 21.6. The van der Waals surface area contributed by atoms with Crippen LogP contribution in [0.3, 0.4) is 0 Å². The molecule has 8 nitrogen and oxygen atoms in total. The van der Waals surface area contributed by atoms with Crippen LogP contribution in [0.15, 0.2) is 47.4 Å². The van der Waals surface area contributed by atoms with Crippen LogP contribution in [-0.4, -0.2) is 64.7 Å². The van der Waals surface area contributed by atoms with Gasteiger partial charge < -0.3 is 19.5 Å². The predicted octanol–water partition coefficient (Wildman–Crippen LogP) is 3.18. The summed E-state index contributed by atoms with van der Waals surface area (Å²) in [5.41, 5.74) is 1.86. The van der Waals surface area contributed by atoms with Crippen molar-refractivity contribution in [2.45, 2.75) is 50.5 Å². The van der Waals surface area contributed by atoms with Crippen LogP contribution >= 0.6 is 0 Å². The van der Waals surface area contributed by atoms with E-state index in [1.165, 1.54) is 17.0 Å². The van der Waals surface area contributed by atoms with Gasteiger partial charge in [-0.25, -0.2) is 8.42 Å². The SMILES string of the molecule is COc1ccc(S(=O)(=O)N2CCOCC2)cc1CCC(=O)NCCCc1cccc(OC(C)C)c1. The fraction of sp³-hybridized carbons (Fsp3) is 0.500. The van der Waals surface area contributed by atoms with Crippen molar-refractivity contribution >= 4 is 15.9 Å². The van der Waals surface area contributed by atoms with E-state index in [0.29, 0.717) is 50.6 Å². The molecule has 1 N–H and O–H groups in total. The van der Waals surface area contributed by atoms with Crippen molar-refractivity contribution < 1.29 is 27.4 Å². The molecule has 0 saturated carbocycles.